The highest BCUT2D eigenvalue weighted by atomic mass is 19.1. The maximum Gasteiger partial charge on any atom is 0.257 e. The minimum atomic E-state index is -0.450. The van der Waals surface area contributed by atoms with Crippen molar-refractivity contribution in [1.82, 2.24) is 4.98 Å². The van der Waals surface area contributed by atoms with Crippen LogP contribution in [0.4, 0.5) is 21.5 Å². The first-order valence-electron chi connectivity index (χ1n) is 11.1. The van der Waals surface area contributed by atoms with Gasteiger partial charge in [0, 0.05) is 36.7 Å². The third kappa shape index (κ3) is 5.23. The van der Waals surface area contributed by atoms with Crippen molar-refractivity contribution in [2.24, 2.45) is 0 Å². The van der Waals surface area contributed by atoms with Crippen molar-refractivity contribution in [3.8, 4) is 0 Å². The molecule has 1 aromatic heterocycles. The second kappa shape index (κ2) is 10.0. The van der Waals surface area contributed by atoms with Crippen LogP contribution in [0.15, 0.2) is 60.9 Å². The number of aryl methyl sites for hydroxylation is 1. The van der Waals surface area contributed by atoms with E-state index < -0.39 is 11.7 Å². The molecule has 0 aliphatic carbocycles. The van der Waals surface area contributed by atoms with Gasteiger partial charge in [0.2, 0.25) is 0 Å². The first-order chi connectivity index (χ1) is 16.3. The van der Waals surface area contributed by atoms with E-state index in [9.17, 15) is 14.0 Å². The van der Waals surface area contributed by atoms with E-state index in [2.05, 4.69) is 15.6 Å². The number of hydrogen-bond donors (Lipinski definition) is 2. The van der Waals surface area contributed by atoms with Crippen LogP contribution in [0.5, 0.6) is 0 Å². The van der Waals surface area contributed by atoms with Crippen molar-refractivity contribution in [2.45, 2.75) is 33.0 Å². The number of amides is 2. The molecule has 3 aromatic rings. The summed E-state index contributed by atoms with van der Waals surface area (Å²) in [6.07, 6.45) is 3.06. The van der Waals surface area contributed by atoms with Gasteiger partial charge in [-0.3, -0.25) is 14.6 Å². The lowest BCUT2D eigenvalue weighted by molar-refractivity contribution is -0.00539. The Morgan fingerprint density at radius 2 is 1.71 bits per heavy atom. The number of nitrogens with one attached hydrogen (secondary N) is 2. The number of carbonyl (C=O) groups is 2. The van der Waals surface area contributed by atoms with Crippen LogP contribution in [0, 0.1) is 12.7 Å². The van der Waals surface area contributed by atoms with E-state index in [1.807, 2.05) is 18.7 Å². The molecule has 4 rings (SSSR count). The number of rotatable bonds is 5. The normalized spacial score (nSPS) is 17.8. The Kier molecular flexibility index (Phi) is 6.88. The van der Waals surface area contributed by atoms with E-state index in [0.29, 0.717) is 35.7 Å². The third-order valence-electron chi connectivity index (χ3n) is 5.66. The molecule has 2 amide bonds. The second-order valence-corrected chi connectivity index (χ2v) is 8.47. The lowest BCUT2D eigenvalue weighted by Crippen LogP contribution is -2.45. The van der Waals surface area contributed by atoms with E-state index in [4.69, 9.17) is 4.74 Å². The van der Waals surface area contributed by atoms with Gasteiger partial charge < -0.3 is 20.3 Å². The SMILES string of the molecule is Cc1cccc(C(=O)Nc2ccc(N3CC(C)OC(C)C3)c(F)c2)c1NC(=O)c1ccncc1. The smallest absolute Gasteiger partial charge is 0.257 e. The van der Waals surface area contributed by atoms with Crippen LogP contribution in [-0.4, -0.2) is 42.1 Å². The predicted molar refractivity (Wildman–Crippen MR) is 130 cm³/mol. The summed E-state index contributed by atoms with van der Waals surface area (Å²) in [5.41, 5.74) is 2.63. The quantitative estimate of drug-likeness (QED) is 0.577. The van der Waals surface area contributed by atoms with Crippen LogP contribution in [0.1, 0.15) is 40.1 Å². The number of anilines is 3. The molecule has 2 atom stereocenters. The molecule has 7 nitrogen and oxygen atoms in total. The highest BCUT2D eigenvalue weighted by molar-refractivity contribution is 6.13. The standard InChI is InChI=1S/C26H27FN4O3/c1-16-5-4-6-21(24(16)30-25(32)19-9-11-28-12-10-19)26(33)29-20-7-8-23(22(27)13-20)31-14-17(2)34-18(3)15-31/h4-13,17-18H,14-15H2,1-3H3,(H,29,33)(H,30,32). The zero-order valence-corrected chi connectivity index (χ0v) is 19.3. The zero-order chi connectivity index (χ0) is 24.2. The molecule has 1 aliphatic heterocycles. The molecule has 0 bridgehead atoms. The molecular formula is C26H27FN4O3. The van der Waals surface area contributed by atoms with Gasteiger partial charge in [-0.25, -0.2) is 4.39 Å². The maximum absolute atomic E-state index is 14.9. The predicted octanol–water partition coefficient (Wildman–Crippen LogP) is 4.65. The summed E-state index contributed by atoms with van der Waals surface area (Å²) in [5.74, 6) is -1.22. The zero-order valence-electron chi connectivity index (χ0n) is 19.3. The molecule has 2 aromatic carbocycles. The van der Waals surface area contributed by atoms with Crippen LogP contribution >= 0.6 is 0 Å². The number of nitrogens with zero attached hydrogens (tertiary/aromatic N) is 2. The van der Waals surface area contributed by atoms with E-state index in [0.717, 1.165) is 5.56 Å². The lowest BCUT2D eigenvalue weighted by Gasteiger charge is -2.37. The van der Waals surface area contributed by atoms with E-state index in [-0.39, 0.29) is 23.7 Å². The summed E-state index contributed by atoms with van der Waals surface area (Å²) in [6.45, 7) is 6.91. The highest BCUT2D eigenvalue weighted by Crippen LogP contribution is 2.27. The topological polar surface area (TPSA) is 83.6 Å². The van der Waals surface area contributed by atoms with Crippen LogP contribution in [0.25, 0.3) is 0 Å². The van der Waals surface area contributed by atoms with Gasteiger partial charge in [-0.2, -0.15) is 0 Å². The fraction of sp³-hybridized carbons (Fsp3) is 0.269. The van der Waals surface area contributed by atoms with Crippen molar-refractivity contribution in [3.63, 3.8) is 0 Å². The van der Waals surface area contributed by atoms with Crippen LogP contribution < -0.4 is 15.5 Å². The number of morpholine rings is 1. The van der Waals surface area contributed by atoms with Crippen molar-refractivity contribution < 1.29 is 18.7 Å². The second-order valence-electron chi connectivity index (χ2n) is 8.47. The largest absolute Gasteiger partial charge is 0.372 e. The van der Waals surface area contributed by atoms with Crippen molar-refractivity contribution >= 4 is 28.9 Å². The van der Waals surface area contributed by atoms with Gasteiger partial charge in [-0.1, -0.05) is 12.1 Å². The molecular weight excluding hydrogens is 435 g/mol. The van der Waals surface area contributed by atoms with Gasteiger partial charge in [-0.15, -0.1) is 0 Å². The molecule has 0 saturated carbocycles. The number of para-hydroxylation sites is 1. The van der Waals surface area contributed by atoms with E-state index in [1.165, 1.54) is 18.5 Å². The summed E-state index contributed by atoms with van der Waals surface area (Å²) in [5, 5.41) is 5.56. The molecule has 2 heterocycles. The first-order valence-corrected chi connectivity index (χ1v) is 11.1. The van der Waals surface area contributed by atoms with E-state index >= 15 is 0 Å². The number of benzene rings is 2. The van der Waals surface area contributed by atoms with Gasteiger partial charge >= 0.3 is 0 Å². The fourth-order valence-corrected chi connectivity index (χ4v) is 4.13. The van der Waals surface area contributed by atoms with Crippen molar-refractivity contribution in [1.29, 1.82) is 0 Å². The van der Waals surface area contributed by atoms with Gasteiger partial charge in [0.25, 0.3) is 11.8 Å². The summed E-state index contributed by atoms with van der Waals surface area (Å²) >= 11 is 0. The van der Waals surface area contributed by atoms with Gasteiger partial charge in [0.15, 0.2) is 0 Å². The number of hydrogen-bond acceptors (Lipinski definition) is 5. The maximum atomic E-state index is 14.9. The van der Waals surface area contributed by atoms with Crippen LogP contribution in [-0.2, 0) is 4.74 Å². The average molecular weight is 463 g/mol. The molecule has 1 aliphatic rings. The number of aromatic nitrogens is 1. The molecule has 1 saturated heterocycles. The highest BCUT2D eigenvalue weighted by Gasteiger charge is 2.24. The molecule has 176 valence electrons. The monoisotopic (exact) mass is 462 g/mol. The van der Waals surface area contributed by atoms with E-state index in [1.54, 1.807) is 49.4 Å². The number of ether oxygens (including phenoxy) is 1. The number of pyridine rings is 1. The Morgan fingerprint density at radius 1 is 1.00 bits per heavy atom. The molecule has 2 N–H and O–H groups in total. The minimum Gasteiger partial charge on any atom is -0.372 e. The van der Waals surface area contributed by atoms with Crippen molar-refractivity contribution in [3.05, 3.63) is 83.4 Å². The van der Waals surface area contributed by atoms with Crippen molar-refractivity contribution in [2.75, 3.05) is 28.6 Å². The average Bonchev–Trinajstić information content (AvgIpc) is 2.80. The summed E-state index contributed by atoms with van der Waals surface area (Å²) < 4.78 is 20.7. The summed E-state index contributed by atoms with van der Waals surface area (Å²) in [6, 6.07) is 13.0. The molecule has 2 unspecified atom stereocenters. The number of halogens is 1. The fourth-order valence-electron chi connectivity index (χ4n) is 4.13. The molecule has 0 spiro atoms. The summed E-state index contributed by atoms with van der Waals surface area (Å²) in [4.78, 5) is 31.6. The Hall–Kier alpha value is -3.78. The Morgan fingerprint density at radius 3 is 2.38 bits per heavy atom. The van der Waals surface area contributed by atoms with Crippen LogP contribution in [0.3, 0.4) is 0 Å². The van der Waals surface area contributed by atoms with Gasteiger partial charge in [-0.05, 0) is 62.7 Å². The van der Waals surface area contributed by atoms with Gasteiger partial charge in [0.05, 0.1) is 29.1 Å². The van der Waals surface area contributed by atoms with Crippen LogP contribution in [0.2, 0.25) is 0 Å². The first kappa shape index (κ1) is 23.4. The number of carbonyl (C=O) groups excluding carboxylic acids is 2. The Bertz CT molecular complexity index is 1190. The molecule has 0 radical (unpaired) electrons. The molecule has 34 heavy (non-hydrogen) atoms. The van der Waals surface area contributed by atoms with Gasteiger partial charge in [0.1, 0.15) is 5.82 Å². The Balaban J connectivity index is 1.52. The molecule has 1 fully saturated rings. The Labute approximate surface area is 198 Å². The molecule has 8 heteroatoms. The minimum absolute atomic E-state index is 0.00429. The third-order valence-corrected chi connectivity index (χ3v) is 5.66. The summed E-state index contributed by atoms with van der Waals surface area (Å²) in [7, 11) is 0. The lowest BCUT2D eigenvalue weighted by atomic mass is 10.1.